The van der Waals surface area contributed by atoms with Crippen LogP contribution in [-0.2, 0) is 17.6 Å². The number of aromatic hydroxyl groups is 2. The number of benzene rings is 3. The molecule has 4 nitrogen and oxygen atoms in total. The lowest BCUT2D eigenvalue weighted by atomic mass is 9.93. The molecule has 0 amide bonds. The van der Waals surface area contributed by atoms with Crippen LogP contribution >= 0.6 is 0 Å². The summed E-state index contributed by atoms with van der Waals surface area (Å²) in [5.74, 6) is 1.29. The van der Waals surface area contributed by atoms with E-state index in [4.69, 9.17) is 4.74 Å². The molecule has 4 heteroatoms. The molecule has 0 aromatic heterocycles. The minimum absolute atomic E-state index is 0.0394. The highest BCUT2D eigenvalue weighted by atomic mass is 16.5. The second kappa shape index (κ2) is 9.69. The molecular formula is C27H30O4. The first-order valence-electron chi connectivity index (χ1n) is 10.6. The van der Waals surface area contributed by atoms with E-state index in [1.807, 2.05) is 32.0 Å². The van der Waals surface area contributed by atoms with Gasteiger partial charge in [-0.25, -0.2) is 0 Å². The van der Waals surface area contributed by atoms with E-state index in [1.165, 1.54) is 5.56 Å². The zero-order valence-corrected chi connectivity index (χ0v) is 18.6. The molecule has 3 aromatic carbocycles. The molecule has 0 atom stereocenters. The molecule has 0 radical (unpaired) electrons. The Hall–Kier alpha value is -3.27. The van der Waals surface area contributed by atoms with E-state index in [0.29, 0.717) is 17.1 Å². The van der Waals surface area contributed by atoms with Gasteiger partial charge >= 0.3 is 0 Å². The molecule has 3 rings (SSSR count). The van der Waals surface area contributed by atoms with Gasteiger partial charge < -0.3 is 14.9 Å². The van der Waals surface area contributed by atoms with Gasteiger partial charge in [0.05, 0.1) is 0 Å². The number of rotatable bonds is 8. The van der Waals surface area contributed by atoms with E-state index in [2.05, 4.69) is 19.9 Å². The van der Waals surface area contributed by atoms with Crippen LogP contribution in [0.3, 0.4) is 0 Å². The van der Waals surface area contributed by atoms with Crippen molar-refractivity contribution in [3.05, 3.63) is 88.0 Å². The van der Waals surface area contributed by atoms with Crippen LogP contribution in [0.2, 0.25) is 0 Å². The van der Waals surface area contributed by atoms with Gasteiger partial charge in [0.2, 0.25) is 0 Å². The van der Waals surface area contributed by atoms with Crippen LogP contribution < -0.4 is 4.74 Å². The van der Waals surface area contributed by atoms with E-state index >= 15 is 0 Å². The smallest absolute Gasteiger partial charge is 0.174 e. The van der Waals surface area contributed by atoms with Crippen LogP contribution in [0.15, 0.2) is 54.6 Å². The summed E-state index contributed by atoms with van der Waals surface area (Å²) in [6.07, 6.45) is 0.909. The summed E-state index contributed by atoms with van der Waals surface area (Å²) >= 11 is 0. The molecule has 0 aliphatic rings. The molecule has 0 bridgehead atoms. The van der Waals surface area contributed by atoms with Gasteiger partial charge in [-0.2, -0.15) is 0 Å². The van der Waals surface area contributed by atoms with Crippen molar-refractivity contribution >= 4 is 5.78 Å². The van der Waals surface area contributed by atoms with Gasteiger partial charge in [0.1, 0.15) is 23.9 Å². The van der Waals surface area contributed by atoms with Crippen molar-refractivity contribution in [3.8, 4) is 17.2 Å². The molecule has 162 valence electrons. The van der Waals surface area contributed by atoms with E-state index in [1.54, 1.807) is 30.3 Å². The number of hydrogen-bond donors (Lipinski definition) is 2. The van der Waals surface area contributed by atoms with Gasteiger partial charge in [-0.05, 0) is 78.3 Å². The maximum atomic E-state index is 12.3. The fraction of sp³-hybridized carbons (Fsp3) is 0.296. The summed E-state index contributed by atoms with van der Waals surface area (Å²) in [6, 6.07) is 16.6. The fourth-order valence-electron chi connectivity index (χ4n) is 3.78. The normalized spacial score (nSPS) is 11.0. The number of aryl methyl sites for hydroxylation is 2. The van der Waals surface area contributed by atoms with Crippen molar-refractivity contribution in [1.82, 2.24) is 0 Å². The van der Waals surface area contributed by atoms with Gasteiger partial charge in [-0.3, -0.25) is 4.79 Å². The maximum absolute atomic E-state index is 12.3. The highest BCUT2D eigenvalue weighted by Gasteiger charge is 2.12. The molecule has 31 heavy (non-hydrogen) atoms. The summed E-state index contributed by atoms with van der Waals surface area (Å²) in [7, 11) is 0. The van der Waals surface area contributed by atoms with E-state index in [0.717, 1.165) is 28.7 Å². The minimum Gasteiger partial charge on any atom is -0.508 e. The minimum atomic E-state index is -0.0915. The number of ketones is 1. The van der Waals surface area contributed by atoms with Crippen LogP contribution in [-0.4, -0.2) is 22.6 Å². The predicted molar refractivity (Wildman–Crippen MR) is 123 cm³/mol. The molecule has 2 N–H and O–H groups in total. The highest BCUT2D eigenvalue weighted by molar-refractivity contribution is 5.83. The van der Waals surface area contributed by atoms with Crippen LogP contribution in [0, 0.1) is 13.8 Å². The van der Waals surface area contributed by atoms with Crippen LogP contribution in [0.25, 0.3) is 0 Å². The van der Waals surface area contributed by atoms with Crippen molar-refractivity contribution < 1.29 is 19.7 Å². The average Bonchev–Trinajstić information content (AvgIpc) is 2.72. The van der Waals surface area contributed by atoms with E-state index in [9.17, 15) is 15.0 Å². The molecule has 0 aliphatic heterocycles. The molecule has 0 unspecified atom stereocenters. The fourth-order valence-corrected chi connectivity index (χ4v) is 3.78. The summed E-state index contributed by atoms with van der Waals surface area (Å²) in [6.45, 7) is 8.19. The number of Topliss-reactive ketones (excluding diaryl/α,β-unsaturated/α-hetero) is 1. The molecule has 0 heterocycles. The van der Waals surface area contributed by atoms with Crippen molar-refractivity contribution in [3.63, 3.8) is 0 Å². The second-order valence-electron chi connectivity index (χ2n) is 8.39. The first kappa shape index (κ1) is 22.4. The largest absolute Gasteiger partial charge is 0.508 e. The molecular weight excluding hydrogens is 388 g/mol. The first-order chi connectivity index (χ1) is 14.7. The second-order valence-corrected chi connectivity index (χ2v) is 8.39. The number of carbonyl (C=O) groups is 1. The topological polar surface area (TPSA) is 66.8 Å². The van der Waals surface area contributed by atoms with E-state index < -0.39 is 0 Å². The molecule has 0 saturated heterocycles. The highest BCUT2D eigenvalue weighted by Crippen LogP contribution is 2.29. The third-order valence-electron chi connectivity index (χ3n) is 5.54. The number of hydrogen-bond acceptors (Lipinski definition) is 4. The van der Waals surface area contributed by atoms with Gasteiger partial charge in [-0.15, -0.1) is 0 Å². The van der Waals surface area contributed by atoms with Crippen molar-refractivity contribution in [1.29, 1.82) is 0 Å². The van der Waals surface area contributed by atoms with Gasteiger partial charge in [0.15, 0.2) is 5.78 Å². The summed E-state index contributed by atoms with van der Waals surface area (Å²) < 4.78 is 5.75. The number of phenols is 2. The predicted octanol–water partition coefficient (Wildman–Crippen LogP) is 5.62. The summed E-state index contributed by atoms with van der Waals surface area (Å²) in [4.78, 5) is 12.3. The number of ether oxygens (including phenoxy) is 1. The van der Waals surface area contributed by atoms with Gasteiger partial charge in [0.25, 0.3) is 0 Å². The van der Waals surface area contributed by atoms with Crippen molar-refractivity contribution in [2.75, 3.05) is 6.61 Å². The Balaban J connectivity index is 1.68. The Labute approximate surface area is 184 Å². The molecule has 0 aliphatic carbocycles. The number of phenolic OH excluding ortho intramolecular Hbond substituents is 2. The SMILES string of the molecule is Cc1cc(OCC(=O)Cc2ccccc2O)cc(C)c1Cc1ccc(O)c(C(C)C)c1. The number of carbonyl (C=O) groups excluding carboxylic acids is 1. The Kier molecular flexibility index (Phi) is 7.01. The van der Waals surface area contributed by atoms with Gasteiger partial charge in [0, 0.05) is 12.0 Å². The molecule has 0 fully saturated rings. The lowest BCUT2D eigenvalue weighted by molar-refractivity contribution is -0.120. The Bertz CT molecular complexity index is 1060. The van der Waals surface area contributed by atoms with Gasteiger partial charge in [-0.1, -0.05) is 44.2 Å². The van der Waals surface area contributed by atoms with Crippen LogP contribution in [0.5, 0.6) is 17.2 Å². The Morgan fingerprint density at radius 3 is 2.26 bits per heavy atom. The van der Waals surface area contributed by atoms with Crippen molar-refractivity contribution in [2.24, 2.45) is 0 Å². The average molecular weight is 419 g/mol. The summed E-state index contributed by atoms with van der Waals surface area (Å²) in [5, 5.41) is 19.9. The monoisotopic (exact) mass is 418 g/mol. The molecule has 3 aromatic rings. The summed E-state index contributed by atoms with van der Waals surface area (Å²) in [5.41, 5.74) is 6.13. The third kappa shape index (κ3) is 5.66. The van der Waals surface area contributed by atoms with Crippen LogP contribution in [0.4, 0.5) is 0 Å². The molecule has 0 spiro atoms. The first-order valence-corrected chi connectivity index (χ1v) is 10.6. The zero-order chi connectivity index (χ0) is 22.5. The van der Waals surface area contributed by atoms with Crippen LogP contribution in [0.1, 0.15) is 53.1 Å². The molecule has 0 saturated carbocycles. The standard InChI is InChI=1S/C27H30O4/c1-17(2)24-13-20(9-10-27(24)30)14-25-18(3)11-23(12-19(25)4)31-16-22(28)15-21-7-5-6-8-26(21)29/h5-13,17,29-30H,14-16H2,1-4H3. The Morgan fingerprint density at radius 2 is 1.61 bits per heavy atom. The third-order valence-corrected chi connectivity index (χ3v) is 5.54. The quantitative estimate of drug-likeness (QED) is 0.498. The lowest BCUT2D eigenvalue weighted by Crippen LogP contribution is -2.14. The lowest BCUT2D eigenvalue weighted by Gasteiger charge is -2.15. The number of para-hydroxylation sites is 1. The van der Waals surface area contributed by atoms with Crippen molar-refractivity contribution in [2.45, 2.75) is 46.5 Å². The van der Waals surface area contributed by atoms with E-state index in [-0.39, 0.29) is 30.5 Å². The zero-order valence-electron chi connectivity index (χ0n) is 18.6. The Morgan fingerprint density at radius 1 is 0.935 bits per heavy atom. The maximum Gasteiger partial charge on any atom is 0.174 e.